The van der Waals surface area contributed by atoms with E-state index in [-0.39, 0.29) is 11.0 Å². The highest BCUT2D eigenvalue weighted by Crippen LogP contribution is 2.43. The number of hydrogen-bond donors (Lipinski definition) is 1. The minimum atomic E-state index is 0.0784. The fourth-order valence-electron chi connectivity index (χ4n) is 4.17. The number of piperidine rings is 1. The van der Waals surface area contributed by atoms with Gasteiger partial charge in [0, 0.05) is 12.0 Å². The van der Waals surface area contributed by atoms with Gasteiger partial charge in [0.2, 0.25) is 0 Å². The second-order valence-electron chi connectivity index (χ2n) is 7.39. The number of hydrogen-bond acceptors (Lipinski definition) is 3. The molecule has 2 aliphatic heterocycles. The van der Waals surface area contributed by atoms with Gasteiger partial charge in [-0.2, -0.15) is 0 Å². The zero-order chi connectivity index (χ0) is 14.2. The van der Waals surface area contributed by atoms with Crippen molar-refractivity contribution in [1.82, 2.24) is 4.90 Å². The van der Waals surface area contributed by atoms with Crippen molar-refractivity contribution in [3.05, 3.63) is 0 Å². The van der Waals surface area contributed by atoms with Crippen LogP contribution >= 0.6 is 12.2 Å². The lowest BCUT2D eigenvalue weighted by atomic mass is 9.80. The standard InChI is InChI=1S/C16H28N2OS/c1-15(14(17)20)8-10-18(11-9-15)12-13-4-7-16(19-13)5-2-3-6-16/h13H,2-12H2,1H3,(H2,17,20). The third-order valence-corrected chi connectivity index (χ3v) is 6.36. The van der Waals surface area contributed by atoms with Gasteiger partial charge in [0.15, 0.2) is 0 Å². The Balaban J connectivity index is 1.47. The van der Waals surface area contributed by atoms with E-state index in [0.29, 0.717) is 11.1 Å². The van der Waals surface area contributed by atoms with E-state index < -0.39 is 0 Å². The molecule has 3 fully saturated rings. The number of rotatable bonds is 3. The Morgan fingerprint density at radius 1 is 1.20 bits per heavy atom. The average molecular weight is 296 g/mol. The van der Waals surface area contributed by atoms with Gasteiger partial charge in [-0.15, -0.1) is 0 Å². The summed E-state index contributed by atoms with van der Waals surface area (Å²) < 4.78 is 6.42. The van der Waals surface area contributed by atoms with Gasteiger partial charge in [0.25, 0.3) is 0 Å². The molecule has 0 radical (unpaired) electrons. The van der Waals surface area contributed by atoms with Crippen LogP contribution in [0.5, 0.6) is 0 Å². The van der Waals surface area contributed by atoms with Crippen LogP contribution in [0.25, 0.3) is 0 Å². The summed E-state index contributed by atoms with van der Waals surface area (Å²) in [6.07, 6.45) is 10.5. The van der Waals surface area contributed by atoms with Gasteiger partial charge in [-0.05, 0) is 51.6 Å². The van der Waals surface area contributed by atoms with E-state index in [1.807, 2.05) is 0 Å². The third kappa shape index (κ3) is 2.88. The van der Waals surface area contributed by atoms with Crippen molar-refractivity contribution in [2.45, 2.75) is 70.0 Å². The number of nitrogens with zero attached hydrogens (tertiary/aromatic N) is 1. The molecule has 0 aromatic carbocycles. The van der Waals surface area contributed by atoms with Crippen molar-refractivity contribution >= 4 is 17.2 Å². The molecular weight excluding hydrogens is 268 g/mol. The Hall–Kier alpha value is -0.190. The topological polar surface area (TPSA) is 38.5 Å². The molecule has 1 saturated carbocycles. The fraction of sp³-hybridized carbons (Fsp3) is 0.938. The minimum Gasteiger partial charge on any atom is -0.393 e. The summed E-state index contributed by atoms with van der Waals surface area (Å²) >= 11 is 5.21. The van der Waals surface area contributed by atoms with Crippen molar-refractivity contribution in [3.63, 3.8) is 0 Å². The molecule has 1 spiro atoms. The normalized spacial score (nSPS) is 32.8. The molecule has 20 heavy (non-hydrogen) atoms. The van der Waals surface area contributed by atoms with Crippen LogP contribution in [-0.2, 0) is 4.74 Å². The SMILES string of the molecule is CC1(C(N)=S)CCN(CC2CCC3(CCCC3)O2)CC1. The molecule has 0 bridgehead atoms. The van der Waals surface area contributed by atoms with E-state index in [2.05, 4.69) is 11.8 Å². The molecule has 1 atom stereocenters. The molecule has 2 heterocycles. The fourth-order valence-corrected chi connectivity index (χ4v) is 4.38. The van der Waals surface area contributed by atoms with Crippen LogP contribution in [0.15, 0.2) is 0 Å². The van der Waals surface area contributed by atoms with Gasteiger partial charge in [0.1, 0.15) is 0 Å². The van der Waals surface area contributed by atoms with Crippen molar-refractivity contribution in [2.75, 3.05) is 19.6 Å². The first kappa shape index (κ1) is 14.7. The van der Waals surface area contributed by atoms with E-state index >= 15 is 0 Å². The maximum atomic E-state index is 6.42. The highest BCUT2D eigenvalue weighted by atomic mass is 32.1. The Labute approximate surface area is 128 Å². The van der Waals surface area contributed by atoms with Gasteiger partial charge in [-0.25, -0.2) is 0 Å². The van der Waals surface area contributed by atoms with Crippen LogP contribution < -0.4 is 5.73 Å². The van der Waals surface area contributed by atoms with E-state index in [1.54, 1.807) is 0 Å². The second-order valence-corrected chi connectivity index (χ2v) is 7.83. The third-order valence-electron chi connectivity index (χ3n) is 5.87. The molecule has 3 rings (SSSR count). The zero-order valence-electron chi connectivity index (χ0n) is 12.7. The molecule has 3 nitrogen and oxygen atoms in total. The van der Waals surface area contributed by atoms with E-state index in [0.717, 1.165) is 32.5 Å². The average Bonchev–Trinajstić information content (AvgIpc) is 3.03. The Morgan fingerprint density at radius 3 is 2.45 bits per heavy atom. The van der Waals surface area contributed by atoms with Crippen molar-refractivity contribution < 1.29 is 4.74 Å². The second kappa shape index (κ2) is 5.54. The Bertz CT molecular complexity index is 371. The Morgan fingerprint density at radius 2 is 1.85 bits per heavy atom. The van der Waals surface area contributed by atoms with Crippen LogP contribution in [0.3, 0.4) is 0 Å². The minimum absolute atomic E-state index is 0.0784. The first-order chi connectivity index (χ1) is 9.51. The number of ether oxygens (including phenoxy) is 1. The molecule has 2 saturated heterocycles. The molecule has 1 aliphatic carbocycles. The number of thiocarbonyl (C=S) groups is 1. The first-order valence-electron chi connectivity index (χ1n) is 8.22. The largest absolute Gasteiger partial charge is 0.393 e. The summed E-state index contributed by atoms with van der Waals surface area (Å²) in [7, 11) is 0. The van der Waals surface area contributed by atoms with Crippen LogP contribution in [0.4, 0.5) is 0 Å². The summed E-state index contributed by atoms with van der Waals surface area (Å²) in [5.74, 6) is 0. The van der Waals surface area contributed by atoms with Gasteiger partial charge in [-0.1, -0.05) is 32.0 Å². The predicted octanol–water partition coefficient (Wildman–Crippen LogP) is 2.87. The lowest BCUT2D eigenvalue weighted by Crippen LogP contribution is -2.46. The summed E-state index contributed by atoms with van der Waals surface area (Å²) in [6, 6.07) is 0. The first-order valence-corrected chi connectivity index (χ1v) is 8.62. The molecule has 0 aromatic rings. The monoisotopic (exact) mass is 296 g/mol. The van der Waals surface area contributed by atoms with Gasteiger partial charge in [0.05, 0.1) is 16.7 Å². The smallest absolute Gasteiger partial charge is 0.0788 e. The van der Waals surface area contributed by atoms with Crippen LogP contribution in [0, 0.1) is 5.41 Å². The number of likely N-dealkylation sites (tertiary alicyclic amines) is 1. The molecule has 3 aliphatic rings. The molecule has 114 valence electrons. The predicted molar refractivity (Wildman–Crippen MR) is 85.9 cm³/mol. The van der Waals surface area contributed by atoms with Gasteiger partial charge in [-0.3, -0.25) is 0 Å². The van der Waals surface area contributed by atoms with Crippen LogP contribution in [0.1, 0.15) is 58.3 Å². The van der Waals surface area contributed by atoms with Crippen LogP contribution in [0.2, 0.25) is 0 Å². The maximum Gasteiger partial charge on any atom is 0.0788 e. The van der Waals surface area contributed by atoms with Crippen molar-refractivity contribution in [2.24, 2.45) is 11.1 Å². The highest BCUT2D eigenvalue weighted by Gasteiger charge is 2.43. The summed E-state index contributed by atoms with van der Waals surface area (Å²) in [4.78, 5) is 3.25. The Kier molecular flexibility index (Phi) is 4.08. The molecule has 0 amide bonds. The van der Waals surface area contributed by atoms with E-state index in [9.17, 15) is 0 Å². The van der Waals surface area contributed by atoms with Gasteiger partial charge < -0.3 is 15.4 Å². The van der Waals surface area contributed by atoms with E-state index in [4.69, 9.17) is 22.7 Å². The van der Waals surface area contributed by atoms with Crippen LogP contribution in [-0.4, -0.2) is 41.2 Å². The molecule has 0 aromatic heterocycles. The quantitative estimate of drug-likeness (QED) is 0.813. The maximum absolute atomic E-state index is 6.42. The molecule has 2 N–H and O–H groups in total. The lowest BCUT2D eigenvalue weighted by Gasteiger charge is -2.39. The van der Waals surface area contributed by atoms with Crippen molar-refractivity contribution in [3.8, 4) is 0 Å². The molecular formula is C16H28N2OS. The van der Waals surface area contributed by atoms with Crippen molar-refractivity contribution in [1.29, 1.82) is 0 Å². The van der Waals surface area contributed by atoms with Gasteiger partial charge >= 0.3 is 0 Å². The lowest BCUT2D eigenvalue weighted by molar-refractivity contribution is -0.0505. The molecule has 1 unspecified atom stereocenters. The number of nitrogens with two attached hydrogens (primary N) is 1. The summed E-state index contributed by atoms with van der Waals surface area (Å²) in [5, 5.41) is 0. The molecule has 4 heteroatoms. The van der Waals surface area contributed by atoms with E-state index in [1.165, 1.54) is 38.5 Å². The summed E-state index contributed by atoms with van der Waals surface area (Å²) in [6.45, 7) is 5.54. The highest BCUT2D eigenvalue weighted by molar-refractivity contribution is 7.80. The zero-order valence-corrected chi connectivity index (χ0v) is 13.5. The summed E-state index contributed by atoms with van der Waals surface area (Å²) in [5.41, 5.74) is 6.23.